The van der Waals surface area contributed by atoms with Crippen LogP contribution in [0.2, 0.25) is 0 Å². The molecule has 368 valence electrons. The average molecular weight is 898 g/mol. The van der Waals surface area contributed by atoms with Gasteiger partial charge in [-0.25, -0.2) is 4.57 Å². The fourth-order valence-electron chi connectivity index (χ4n) is 7.98. The van der Waals surface area contributed by atoms with Crippen molar-refractivity contribution in [2.24, 2.45) is 0 Å². The molecular formula is C53H106N2O6P+. The molecule has 0 saturated heterocycles. The quantitative estimate of drug-likeness (QED) is 0.0243. The first-order chi connectivity index (χ1) is 30.0. The van der Waals surface area contributed by atoms with Gasteiger partial charge in [-0.05, 0) is 38.5 Å². The van der Waals surface area contributed by atoms with Crippen molar-refractivity contribution in [1.29, 1.82) is 0 Å². The van der Waals surface area contributed by atoms with E-state index in [-0.39, 0.29) is 19.1 Å². The maximum absolute atomic E-state index is 12.9. The number of carbonyl (C=O) groups is 1. The molecule has 0 fully saturated rings. The summed E-state index contributed by atoms with van der Waals surface area (Å²) in [5, 5.41) is 14.0. The third-order valence-electron chi connectivity index (χ3n) is 12.2. The summed E-state index contributed by atoms with van der Waals surface area (Å²) in [7, 11) is 1.61. The number of amides is 1. The van der Waals surface area contributed by atoms with Crippen LogP contribution in [0.1, 0.15) is 258 Å². The van der Waals surface area contributed by atoms with E-state index in [1.165, 1.54) is 180 Å². The number of aliphatic hydroxyl groups excluding tert-OH is 1. The van der Waals surface area contributed by atoms with Gasteiger partial charge in [-0.15, -0.1) is 0 Å². The van der Waals surface area contributed by atoms with E-state index in [1.807, 2.05) is 21.1 Å². The van der Waals surface area contributed by atoms with Crippen LogP contribution in [0.3, 0.4) is 0 Å². The van der Waals surface area contributed by atoms with Gasteiger partial charge in [0.1, 0.15) is 13.2 Å². The molecule has 3 atom stereocenters. The lowest BCUT2D eigenvalue weighted by Crippen LogP contribution is -2.46. The Morgan fingerprint density at radius 1 is 0.548 bits per heavy atom. The Balaban J connectivity index is 4.17. The fraction of sp³-hybridized carbons (Fsp3) is 0.906. The number of rotatable bonds is 49. The summed E-state index contributed by atoms with van der Waals surface area (Å²) < 4.78 is 23.7. The van der Waals surface area contributed by atoms with Crippen LogP contribution in [0, 0.1) is 0 Å². The van der Waals surface area contributed by atoms with Crippen molar-refractivity contribution in [2.45, 2.75) is 270 Å². The van der Waals surface area contributed by atoms with Gasteiger partial charge in [-0.3, -0.25) is 13.8 Å². The minimum absolute atomic E-state index is 0.0731. The minimum atomic E-state index is -4.32. The van der Waals surface area contributed by atoms with Crippen LogP contribution < -0.4 is 5.32 Å². The van der Waals surface area contributed by atoms with Crippen LogP contribution in [0.4, 0.5) is 0 Å². The molecule has 0 aliphatic carbocycles. The van der Waals surface area contributed by atoms with E-state index in [2.05, 4.69) is 43.5 Å². The Bertz CT molecular complexity index is 1060. The highest BCUT2D eigenvalue weighted by Gasteiger charge is 2.28. The van der Waals surface area contributed by atoms with Crippen LogP contribution in [0.5, 0.6) is 0 Å². The number of hydrogen-bond donors (Lipinski definition) is 3. The second-order valence-electron chi connectivity index (χ2n) is 19.6. The monoisotopic (exact) mass is 898 g/mol. The number of quaternary nitrogens is 1. The van der Waals surface area contributed by atoms with Gasteiger partial charge in [0.15, 0.2) is 0 Å². The van der Waals surface area contributed by atoms with Gasteiger partial charge in [0.25, 0.3) is 0 Å². The summed E-state index contributed by atoms with van der Waals surface area (Å²) in [5.41, 5.74) is 0. The van der Waals surface area contributed by atoms with Crippen molar-refractivity contribution in [2.75, 3.05) is 40.9 Å². The third-order valence-corrected chi connectivity index (χ3v) is 13.2. The Morgan fingerprint density at radius 3 is 1.32 bits per heavy atom. The second-order valence-corrected chi connectivity index (χ2v) is 21.1. The van der Waals surface area contributed by atoms with E-state index in [0.717, 1.165) is 51.4 Å². The number of carbonyl (C=O) groups excluding carboxylic acids is 1. The Hall–Kier alpha value is -1.02. The molecule has 1 amide bonds. The molecule has 0 aromatic carbocycles. The van der Waals surface area contributed by atoms with Crippen molar-refractivity contribution >= 4 is 13.7 Å². The van der Waals surface area contributed by atoms with Gasteiger partial charge in [-0.2, -0.15) is 0 Å². The van der Waals surface area contributed by atoms with E-state index < -0.39 is 20.0 Å². The van der Waals surface area contributed by atoms with Gasteiger partial charge in [0.2, 0.25) is 5.91 Å². The lowest BCUT2D eigenvalue weighted by Gasteiger charge is -2.26. The Morgan fingerprint density at radius 2 is 0.903 bits per heavy atom. The number of phosphoric acid groups is 1. The molecule has 0 aromatic rings. The van der Waals surface area contributed by atoms with Gasteiger partial charge in [0, 0.05) is 6.42 Å². The Labute approximate surface area is 385 Å². The molecule has 3 N–H and O–H groups in total. The highest BCUT2D eigenvalue weighted by molar-refractivity contribution is 7.47. The van der Waals surface area contributed by atoms with Crippen molar-refractivity contribution in [3.05, 3.63) is 24.3 Å². The van der Waals surface area contributed by atoms with E-state index in [4.69, 9.17) is 9.05 Å². The SMILES string of the molecule is CCCCC/C=C\C=C/CCCCCCCCC(=O)NC(COP(=O)(O)OCC[N+](C)(C)C)C(O)CCCCCCCCCCCCCCCCCCCCCCCCCCC. The molecular weight excluding hydrogens is 792 g/mol. The average Bonchev–Trinajstić information content (AvgIpc) is 3.23. The van der Waals surface area contributed by atoms with Gasteiger partial charge >= 0.3 is 7.82 Å². The smallest absolute Gasteiger partial charge is 0.391 e. The van der Waals surface area contributed by atoms with Crippen molar-refractivity contribution in [3.8, 4) is 0 Å². The number of hydrogen-bond acceptors (Lipinski definition) is 5. The lowest BCUT2D eigenvalue weighted by atomic mass is 10.0. The predicted octanol–water partition coefficient (Wildman–Crippen LogP) is 15.6. The third kappa shape index (κ3) is 47.0. The standard InChI is InChI=1S/C53H105N2O6P/c1-6-8-10-12-14-16-18-20-22-23-24-25-26-27-28-29-30-31-33-34-36-38-40-42-44-46-52(56)51(50-61-62(58,59)60-49-48-55(3,4)5)54-53(57)47-45-43-41-39-37-35-32-21-19-17-15-13-11-9-7-2/h15,17,19,21,51-52,56H,6-14,16,18,20,22-50H2,1-5H3,(H-,54,57,58,59)/p+1/b17-15-,21-19-. The van der Waals surface area contributed by atoms with Crippen LogP contribution in [-0.2, 0) is 18.4 Å². The number of allylic oxidation sites excluding steroid dienone is 4. The molecule has 62 heavy (non-hydrogen) atoms. The van der Waals surface area contributed by atoms with Gasteiger partial charge < -0.3 is 19.8 Å². The number of nitrogens with zero attached hydrogens (tertiary/aromatic N) is 1. The predicted molar refractivity (Wildman–Crippen MR) is 268 cm³/mol. The van der Waals surface area contributed by atoms with Crippen molar-refractivity contribution in [3.63, 3.8) is 0 Å². The topological polar surface area (TPSA) is 105 Å². The highest BCUT2D eigenvalue weighted by atomic mass is 31.2. The number of phosphoric ester groups is 1. The molecule has 0 bridgehead atoms. The summed E-state index contributed by atoms with van der Waals surface area (Å²) in [5.74, 6) is -0.154. The minimum Gasteiger partial charge on any atom is -0.391 e. The number of aliphatic hydroxyl groups is 1. The molecule has 3 unspecified atom stereocenters. The summed E-state index contributed by atoms with van der Waals surface area (Å²) in [6.07, 6.45) is 55.1. The molecule has 0 aliphatic rings. The van der Waals surface area contributed by atoms with Crippen LogP contribution in [0.25, 0.3) is 0 Å². The summed E-state index contributed by atoms with van der Waals surface area (Å²) in [6.45, 7) is 4.87. The molecule has 0 radical (unpaired) electrons. The molecule has 0 aliphatic heterocycles. The maximum atomic E-state index is 12.9. The van der Waals surface area contributed by atoms with Gasteiger partial charge in [-0.1, -0.05) is 237 Å². The van der Waals surface area contributed by atoms with Crippen molar-refractivity contribution in [1.82, 2.24) is 5.32 Å². The first-order valence-corrected chi connectivity index (χ1v) is 28.2. The lowest BCUT2D eigenvalue weighted by molar-refractivity contribution is -0.870. The van der Waals surface area contributed by atoms with E-state index in [0.29, 0.717) is 23.9 Å². The summed E-state index contributed by atoms with van der Waals surface area (Å²) in [6, 6.07) is -0.765. The van der Waals surface area contributed by atoms with E-state index in [9.17, 15) is 19.4 Å². The zero-order chi connectivity index (χ0) is 45.7. The molecule has 0 spiro atoms. The van der Waals surface area contributed by atoms with Gasteiger partial charge in [0.05, 0.1) is 39.9 Å². The van der Waals surface area contributed by atoms with Crippen LogP contribution >= 0.6 is 7.82 Å². The number of likely N-dealkylation sites (N-methyl/N-ethyl adjacent to an activating group) is 1. The normalized spacial score (nSPS) is 14.2. The maximum Gasteiger partial charge on any atom is 0.472 e. The van der Waals surface area contributed by atoms with Crippen LogP contribution in [-0.4, -0.2) is 73.4 Å². The van der Waals surface area contributed by atoms with E-state index >= 15 is 0 Å². The highest BCUT2D eigenvalue weighted by Crippen LogP contribution is 2.43. The molecule has 0 saturated carbocycles. The molecule has 0 aromatic heterocycles. The number of unbranched alkanes of at least 4 members (excludes halogenated alkanes) is 33. The summed E-state index contributed by atoms with van der Waals surface area (Å²) >= 11 is 0. The first kappa shape index (κ1) is 61.0. The van der Waals surface area contributed by atoms with Crippen molar-refractivity contribution < 1.29 is 32.9 Å². The second kappa shape index (κ2) is 45.1. The largest absolute Gasteiger partial charge is 0.472 e. The zero-order valence-corrected chi connectivity index (χ0v) is 42.8. The molecule has 9 heteroatoms. The zero-order valence-electron chi connectivity index (χ0n) is 41.9. The molecule has 8 nitrogen and oxygen atoms in total. The molecule has 0 rings (SSSR count). The summed E-state index contributed by atoms with van der Waals surface area (Å²) in [4.78, 5) is 23.2. The van der Waals surface area contributed by atoms with Crippen LogP contribution in [0.15, 0.2) is 24.3 Å². The van der Waals surface area contributed by atoms with E-state index in [1.54, 1.807) is 0 Å². The molecule has 0 heterocycles. The Kier molecular flexibility index (Phi) is 44.4. The first-order valence-electron chi connectivity index (χ1n) is 26.7. The number of nitrogens with one attached hydrogen (secondary N) is 1. The fourth-order valence-corrected chi connectivity index (χ4v) is 8.72.